The number of carbonyl (C=O) groups is 1. The molecule has 2 aromatic rings. The lowest BCUT2D eigenvalue weighted by Crippen LogP contribution is -2.06. The van der Waals surface area contributed by atoms with Crippen LogP contribution in [0, 0.1) is 10.1 Å². The van der Waals surface area contributed by atoms with E-state index in [9.17, 15) is 14.9 Å². The quantitative estimate of drug-likeness (QED) is 0.226. The van der Waals surface area contributed by atoms with Gasteiger partial charge in [-0.1, -0.05) is 54.0 Å². The van der Waals surface area contributed by atoms with Crippen LogP contribution in [0.5, 0.6) is 0 Å². The smallest absolute Gasteiger partial charge is 0.338 e. The maximum absolute atomic E-state index is 12.2. The average molecular weight is 404 g/mol. The van der Waals surface area contributed by atoms with Crippen molar-refractivity contribution in [2.24, 2.45) is 0 Å². The van der Waals surface area contributed by atoms with Gasteiger partial charge < -0.3 is 4.74 Å². The molecule has 0 N–H and O–H groups in total. The molecule has 0 bridgehead atoms. The van der Waals surface area contributed by atoms with E-state index in [1.807, 2.05) is 18.2 Å². The fourth-order valence-corrected chi connectivity index (χ4v) is 2.90. The SMILES string of the molecule is COC(=O)/C(=C/c1ccc(C(C)C)cc1Br)c1ccccc1[N+](=O)[O-]. The Morgan fingerprint density at radius 3 is 2.48 bits per heavy atom. The Morgan fingerprint density at radius 2 is 1.92 bits per heavy atom. The minimum atomic E-state index is -0.630. The van der Waals surface area contributed by atoms with Crippen LogP contribution in [0.3, 0.4) is 0 Å². The molecule has 0 heterocycles. The molecule has 2 aromatic carbocycles. The number of hydrogen-bond donors (Lipinski definition) is 0. The zero-order valence-electron chi connectivity index (χ0n) is 14.2. The van der Waals surface area contributed by atoms with Gasteiger partial charge in [-0.2, -0.15) is 0 Å². The third-order valence-corrected chi connectivity index (χ3v) is 4.47. The van der Waals surface area contributed by atoms with Gasteiger partial charge in [-0.25, -0.2) is 4.79 Å². The van der Waals surface area contributed by atoms with E-state index in [4.69, 9.17) is 4.74 Å². The monoisotopic (exact) mass is 403 g/mol. The molecule has 2 rings (SSSR count). The molecular formula is C19H18BrNO4. The molecule has 0 spiro atoms. The van der Waals surface area contributed by atoms with E-state index in [2.05, 4.69) is 29.8 Å². The van der Waals surface area contributed by atoms with Crippen LogP contribution in [0.25, 0.3) is 11.6 Å². The Kier molecular flexibility index (Phi) is 6.09. The third-order valence-electron chi connectivity index (χ3n) is 3.79. The first-order valence-corrected chi connectivity index (χ1v) is 8.47. The van der Waals surface area contributed by atoms with Crippen molar-refractivity contribution in [1.29, 1.82) is 0 Å². The van der Waals surface area contributed by atoms with Crippen molar-refractivity contribution in [3.63, 3.8) is 0 Å². The van der Waals surface area contributed by atoms with Gasteiger partial charge in [0.15, 0.2) is 0 Å². The first-order chi connectivity index (χ1) is 11.8. The topological polar surface area (TPSA) is 69.4 Å². The van der Waals surface area contributed by atoms with E-state index >= 15 is 0 Å². The molecule has 0 aliphatic rings. The van der Waals surface area contributed by atoms with E-state index in [1.165, 1.54) is 19.2 Å². The largest absolute Gasteiger partial charge is 0.465 e. The van der Waals surface area contributed by atoms with Crippen molar-refractivity contribution in [1.82, 2.24) is 0 Å². The number of para-hydroxylation sites is 1. The van der Waals surface area contributed by atoms with Gasteiger partial charge in [-0.15, -0.1) is 0 Å². The highest BCUT2D eigenvalue weighted by Gasteiger charge is 2.22. The van der Waals surface area contributed by atoms with Crippen molar-refractivity contribution in [2.75, 3.05) is 7.11 Å². The van der Waals surface area contributed by atoms with Crippen LogP contribution in [-0.4, -0.2) is 18.0 Å². The Labute approximate surface area is 154 Å². The second-order valence-electron chi connectivity index (χ2n) is 5.76. The molecule has 0 atom stereocenters. The standard InChI is InChI=1S/C19H18BrNO4/c1-12(2)13-8-9-14(17(20)11-13)10-16(19(22)25-3)15-6-4-5-7-18(15)21(23)24/h4-12H,1-3H3/b16-10+. The zero-order chi connectivity index (χ0) is 18.6. The number of hydrogen-bond acceptors (Lipinski definition) is 4. The van der Waals surface area contributed by atoms with Crippen LogP contribution in [0.4, 0.5) is 5.69 Å². The molecule has 6 heteroatoms. The number of nitrogens with zero attached hydrogens (tertiary/aromatic N) is 1. The summed E-state index contributed by atoms with van der Waals surface area (Å²) < 4.78 is 5.63. The summed E-state index contributed by atoms with van der Waals surface area (Å²) >= 11 is 3.50. The Balaban J connectivity index is 2.62. The van der Waals surface area contributed by atoms with Crippen LogP contribution in [0.1, 0.15) is 36.5 Å². The van der Waals surface area contributed by atoms with Gasteiger partial charge in [0, 0.05) is 10.5 Å². The van der Waals surface area contributed by atoms with Crippen molar-refractivity contribution in [2.45, 2.75) is 19.8 Å². The van der Waals surface area contributed by atoms with Crippen LogP contribution in [0.2, 0.25) is 0 Å². The number of ether oxygens (including phenoxy) is 1. The van der Waals surface area contributed by atoms with Gasteiger partial charge in [-0.3, -0.25) is 10.1 Å². The Bertz CT molecular complexity index is 843. The molecule has 0 unspecified atom stereocenters. The van der Waals surface area contributed by atoms with Crippen molar-refractivity contribution < 1.29 is 14.5 Å². The normalized spacial score (nSPS) is 11.5. The molecular weight excluding hydrogens is 386 g/mol. The first-order valence-electron chi connectivity index (χ1n) is 7.68. The fourth-order valence-electron chi connectivity index (χ4n) is 2.39. The van der Waals surface area contributed by atoms with Crippen LogP contribution in [0.15, 0.2) is 46.9 Å². The first kappa shape index (κ1) is 18.9. The minimum absolute atomic E-state index is 0.132. The number of carbonyl (C=O) groups excluding carboxylic acids is 1. The highest BCUT2D eigenvalue weighted by atomic mass is 79.9. The lowest BCUT2D eigenvalue weighted by molar-refractivity contribution is -0.385. The number of esters is 1. The number of rotatable bonds is 5. The van der Waals surface area contributed by atoms with E-state index < -0.39 is 10.9 Å². The van der Waals surface area contributed by atoms with Crippen LogP contribution < -0.4 is 0 Å². The fraction of sp³-hybridized carbons (Fsp3) is 0.211. The average Bonchev–Trinajstić information content (AvgIpc) is 2.59. The number of nitro benzene ring substituents is 1. The molecule has 0 saturated heterocycles. The van der Waals surface area contributed by atoms with Crippen LogP contribution >= 0.6 is 15.9 Å². The summed E-state index contributed by atoms with van der Waals surface area (Å²) in [6.07, 6.45) is 1.60. The summed E-state index contributed by atoms with van der Waals surface area (Å²) in [7, 11) is 1.25. The summed E-state index contributed by atoms with van der Waals surface area (Å²) in [6.45, 7) is 4.18. The summed E-state index contributed by atoms with van der Waals surface area (Å²) in [5, 5.41) is 11.3. The van der Waals surface area contributed by atoms with E-state index in [0.29, 0.717) is 5.92 Å². The summed E-state index contributed by atoms with van der Waals surface area (Å²) in [5.41, 5.74) is 2.10. The Morgan fingerprint density at radius 1 is 1.24 bits per heavy atom. The van der Waals surface area contributed by atoms with Crippen molar-refractivity contribution in [3.8, 4) is 0 Å². The highest BCUT2D eigenvalue weighted by Crippen LogP contribution is 2.31. The lowest BCUT2D eigenvalue weighted by Gasteiger charge is -2.10. The zero-order valence-corrected chi connectivity index (χ0v) is 15.7. The number of halogens is 1. The number of methoxy groups -OCH3 is 1. The predicted octanol–water partition coefficient (Wildman–Crippen LogP) is 5.19. The molecule has 0 aliphatic heterocycles. The lowest BCUT2D eigenvalue weighted by atomic mass is 9.98. The number of nitro groups is 1. The van der Waals surface area contributed by atoms with Gasteiger partial charge in [0.1, 0.15) is 0 Å². The van der Waals surface area contributed by atoms with Gasteiger partial charge in [0.25, 0.3) is 5.69 Å². The molecule has 0 amide bonds. The van der Waals surface area contributed by atoms with Gasteiger partial charge in [0.05, 0.1) is 23.2 Å². The van der Waals surface area contributed by atoms with Crippen molar-refractivity contribution >= 4 is 39.2 Å². The second-order valence-corrected chi connectivity index (χ2v) is 6.61. The van der Waals surface area contributed by atoms with Gasteiger partial charge >= 0.3 is 5.97 Å². The molecule has 0 radical (unpaired) electrons. The minimum Gasteiger partial charge on any atom is -0.465 e. The summed E-state index contributed by atoms with van der Waals surface area (Å²) in [5.74, 6) is -0.265. The van der Waals surface area contributed by atoms with Crippen molar-refractivity contribution in [3.05, 3.63) is 73.7 Å². The molecule has 0 fully saturated rings. The summed E-state index contributed by atoms with van der Waals surface area (Å²) in [6, 6.07) is 11.9. The molecule has 130 valence electrons. The van der Waals surface area contributed by atoms with Gasteiger partial charge in [-0.05, 0) is 35.3 Å². The summed E-state index contributed by atoms with van der Waals surface area (Å²) in [4.78, 5) is 23.0. The predicted molar refractivity (Wildman–Crippen MR) is 101 cm³/mol. The van der Waals surface area contributed by atoms with Crippen LogP contribution in [-0.2, 0) is 9.53 Å². The van der Waals surface area contributed by atoms with E-state index in [0.717, 1.165) is 15.6 Å². The molecule has 0 aliphatic carbocycles. The Hall–Kier alpha value is -2.47. The molecule has 0 aromatic heterocycles. The third kappa shape index (κ3) is 4.33. The maximum atomic E-state index is 12.2. The molecule has 25 heavy (non-hydrogen) atoms. The molecule has 0 saturated carbocycles. The highest BCUT2D eigenvalue weighted by molar-refractivity contribution is 9.10. The number of benzene rings is 2. The van der Waals surface area contributed by atoms with Gasteiger partial charge in [0.2, 0.25) is 0 Å². The van der Waals surface area contributed by atoms with E-state index in [1.54, 1.807) is 18.2 Å². The molecule has 5 nitrogen and oxygen atoms in total. The van der Waals surface area contributed by atoms with E-state index in [-0.39, 0.29) is 16.8 Å². The second kappa shape index (κ2) is 8.07. The maximum Gasteiger partial charge on any atom is 0.338 e.